The fourth-order valence-electron chi connectivity index (χ4n) is 1.51. The first kappa shape index (κ1) is 14.0. The zero-order valence-corrected chi connectivity index (χ0v) is 11.8. The van der Waals surface area contributed by atoms with E-state index in [0.717, 1.165) is 16.8 Å². The molecule has 0 saturated carbocycles. The number of nitrogens with one attached hydrogen (secondary N) is 1. The molecule has 1 rings (SSSR count). The lowest BCUT2D eigenvalue weighted by atomic mass is 10.0. The second kappa shape index (κ2) is 6.05. The normalized spacial score (nSPS) is 10.2. The topological polar surface area (TPSA) is 67.5 Å². The Bertz CT molecular complexity index is 440. The van der Waals surface area contributed by atoms with Crippen LogP contribution in [-0.4, -0.2) is 12.2 Å². The lowest BCUT2D eigenvalue weighted by molar-refractivity contribution is 0.136. The predicted octanol–water partition coefficient (Wildman–Crippen LogP) is 2.52. The fraction of sp³-hybridized carbons (Fsp3) is 0.333. The van der Waals surface area contributed by atoms with Crippen molar-refractivity contribution in [2.24, 2.45) is 5.73 Å². The number of hydrogen-bond acceptors (Lipinski definition) is 4. The van der Waals surface area contributed by atoms with Gasteiger partial charge in [-0.3, -0.25) is 10.3 Å². The lowest BCUT2D eigenvalue weighted by Gasteiger charge is -2.14. The molecule has 0 unspecified atom stereocenters. The van der Waals surface area contributed by atoms with E-state index in [1.54, 1.807) is 7.11 Å². The molecule has 0 fully saturated rings. The summed E-state index contributed by atoms with van der Waals surface area (Å²) in [5.41, 5.74) is 12.0. The summed E-state index contributed by atoms with van der Waals surface area (Å²) in [4.78, 5) is 4.95. The molecule has 17 heavy (non-hydrogen) atoms. The second-order valence-corrected chi connectivity index (χ2v) is 4.71. The van der Waals surface area contributed by atoms with Crippen molar-refractivity contribution in [2.75, 3.05) is 7.11 Å². The zero-order valence-electron chi connectivity index (χ0n) is 10.2. The van der Waals surface area contributed by atoms with Gasteiger partial charge in [0, 0.05) is 17.7 Å². The Kier molecular flexibility index (Phi) is 4.99. The van der Waals surface area contributed by atoms with E-state index in [-0.39, 0.29) is 12.3 Å². The highest BCUT2D eigenvalue weighted by Gasteiger charge is 2.11. The van der Waals surface area contributed by atoms with Crippen LogP contribution in [0.5, 0.6) is 5.75 Å². The van der Waals surface area contributed by atoms with Crippen molar-refractivity contribution >= 4 is 21.6 Å². The molecule has 1 aromatic rings. The van der Waals surface area contributed by atoms with Gasteiger partial charge in [0.2, 0.25) is 0 Å². The molecule has 0 atom stereocenters. The highest BCUT2D eigenvalue weighted by molar-refractivity contribution is 9.10. The molecule has 0 radical (unpaired) electrons. The quantitative estimate of drug-likeness (QED) is 0.748. The Hall–Kier alpha value is -1.04. The maximum atomic E-state index is 9.78. The average Bonchev–Trinajstić information content (AvgIpc) is 2.29. The van der Waals surface area contributed by atoms with Crippen molar-refractivity contribution < 1.29 is 9.94 Å². The number of hydrogen-bond donors (Lipinski definition) is 3. The first-order valence-corrected chi connectivity index (χ1v) is 5.98. The number of phenols is 1. The minimum atomic E-state index is 0.182. The van der Waals surface area contributed by atoms with Gasteiger partial charge in [0.1, 0.15) is 5.75 Å². The van der Waals surface area contributed by atoms with Crippen LogP contribution < -0.4 is 11.2 Å². The molecule has 0 bridgehead atoms. The zero-order chi connectivity index (χ0) is 13.0. The molecular formula is C12H17BrN2O2. The van der Waals surface area contributed by atoms with Crippen LogP contribution in [0.15, 0.2) is 22.2 Å². The smallest absolute Gasteiger partial charge is 0.134 e. The third-order valence-electron chi connectivity index (χ3n) is 2.36. The van der Waals surface area contributed by atoms with E-state index in [4.69, 9.17) is 10.6 Å². The van der Waals surface area contributed by atoms with Gasteiger partial charge in [0.05, 0.1) is 17.3 Å². The molecule has 0 aliphatic heterocycles. The van der Waals surface area contributed by atoms with Crippen molar-refractivity contribution in [1.82, 2.24) is 5.48 Å². The summed E-state index contributed by atoms with van der Waals surface area (Å²) < 4.78 is 0.618. The van der Waals surface area contributed by atoms with Gasteiger partial charge in [-0.2, -0.15) is 0 Å². The number of rotatable bonds is 4. The van der Waals surface area contributed by atoms with E-state index in [9.17, 15) is 5.11 Å². The summed E-state index contributed by atoms with van der Waals surface area (Å²) in [6, 6.07) is 3.66. The van der Waals surface area contributed by atoms with Crippen molar-refractivity contribution in [1.29, 1.82) is 0 Å². The maximum Gasteiger partial charge on any atom is 0.134 e. The SMILES string of the molecule is CONC(=C(C)C)c1cc(Br)c(O)c(CN)c1. The number of halogens is 1. The lowest BCUT2D eigenvalue weighted by Crippen LogP contribution is -2.12. The van der Waals surface area contributed by atoms with Gasteiger partial charge >= 0.3 is 0 Å². The standard InChI is InChI=1S/C12H17BrN2O2/c1-7(2)11(15-17-3)8-4-9(6-14)12(16)10(13)5-8/h4-5,15-16H,6,14H2,1-3H3. The molecular weight excluding hydrogens is 284 g/mol. The van der Waals surface area contributed by atoms with Crippen LogP contribution in [0.2, 0.25) is 0 Å². The van der Waals surface area contributed by atoms with Crippen LogP contribution in [0.3, 0.4) is 0 Å². The van der Waals surface area contributed by atoms with Crippen molar-refractivity contribution in [2.45, 2.75) is 20.4 Å². The van der Waals surface area contributed by atoms with Gasteiger partial charge in [-0.1, -0.05) is 5.57 Å². The predicted molar refractivity (Wildman–Crippen MR) is 72.1 cm³/mol. The van der Waals surface area contributed by atoms with Gasteiger partial charge in [0.25, 0.3) is 0 Å². The van der Waals surface area contributed by atoms with E-state index in [1.807, 2.05) is 26.0 Å². The van der Waals surface area contributed by atoms with Gasteiger partial charge in [-0.15, -0.1) is 0 Å². The first-order valence-electron chi connectivity index (χ1n) is 5.19. The van der Waals surface area contributed by atoms with Crippen LogP contribution in [0.1, 0.15) is 25.0 Å². The molecule has 5 heteroatoms. The van der Waals surface area contributed by atoms with Gasteiger partial charge < -0.3 is 10.8 Å². The number of aromatic hydroxyl groups is 1. The molecule has 0 aliphatic carbocycles. The summed E-state index contributed by atoms with van der Waals surface area (Å²) in [5, 5.41) is 9.78. The first-order chi connectivity index (χ1) is 8.01. The van der Waals surface area contributed by atoms with Crippen LogP contribution in [0.4, 0.5) is 0 Å². The highest BCUT2D eigenvalue weighted by atomic mass is 79.9. The number of phenolic OH excluding ortho intramolecular Hbond substituents is 1. The number of allylic oxidation sites excluding steroid dienone is 1. The fourth-order valence-corrected chi connectivity index (χ4v) is 2.01. The monoisotopic (exact) mass is 300 g/mol. The van der Waals surface area contributed by atoms with Crippen LogP contribution in [0, 0.1) is 0 Å². The molecule has 0 aromatic heterocycles. The molecule has 4 N–H and O–H groups in total. The highest BCUT2D eigenvalue weighted by Crippen LogP contribution is 2.31. The van der Waals surface area contributed by atoms with Gasteiger partial charge in [0.15, 0.2) is 0 Å². The van der Waals surface area contributed by atoms with Crippen LogP contribution in [-0.2, 0) is 11.4 Å². The Morgan fingerprint density at radius 2 is 2.12 bits per heavy atom. The summed E-state index contributed by atoms with van der Waals surface area (Å²) in [7, 11) is 1.56. The number of nitrogens with two attached hydrogens (primary N) is 1. The van der Waals surface area contributed by atoms with Crippen molar-refractivity contribution in [3.05, 3.63) is 33.3 Å². The van der Waals surface area contributed by atoms with E-state index in [1.165, 1.54) is 0 Å². The largest absolute Gasteiger partial charge is 0.506 e. The molecule has 0 aliphatic rings. The van der Waals surface area contributed by atoms with Crippen molar-refractivity contribution in [3.8, 4) is 5.75 Å². The molecule has 0 spiro atoms. The average molecular weight is 301 g/mol. The van der Waals surface area contributed by atoms with E-state index >= 15 is 0 Å². The Morgan fingerprint density at radius 1 is 1.47 bits per heavy atom. The minimum absolute atomic E-state index is 0.182. The van der Waals surface area contributed by atoms with Crippen LogP contribution in [0.25, 0.3) is 5.70 Å². The van der Waals surface area contributed by atoms with E-state index in [0.29, 0.717) is 10.0 Å². The number of benzene rings is 1. The molecule has 0 saturated heterocycles. The third kappa shape index (κ3) is 3.21. The van der Waals surface area contributed by atoms with Gasteiger partial charge in [-0.05, 0) is 41.9 Å². The Balaban J connectivity index is 3.31. The maximum absolute atomic E-state index is 9.78. The van der Waals surface area contributed by atoms with Crippen molar-refractivity contribution in [3.63, 3.8) is 0 Å². The summed E-state index contributed by atoms with van der Waals surface area (Å²) in [6.45, 7) is 4.23. The summed E-state index contributed by atoms with van der Waals surface area (Å²) in [6.07, 6.45) is 0. The third-order valence-corrected chi connectivity index (χ3v) is 2.96. The molecule has 1 aromatic carbocycles. The van der Waals surface area contributed by atoms with Gasteiger partial charge in [-0.25, -0.2) is 0 Å². The Morgan fingerprint density at radius 3 is 2.59 bits per heavy atom. The van der Waals surface area contributed by atoms with E-state index in [2.05, 4.69) is 21.4 Å². The number of hydroxylamine groups is 1. The van der Waals surface area contributed by atoms with Crippen LogP contribution >= 0.6 is 15.9 Å². The Labute approximate surface area is 110 Å². The minimum Gasteiger partial charge on any atom is -0.506 e. The molecule has 0 amide bonds. The summed E-state index contributed by atoms with van der Waals surface area (Å²) >= 11 is 3.31. The van der Waals surface area contributed by atoms with E-state index < -0.39 is 0 Å². The second-order valence-electron chi connectivity index (χ2n) is 3.85. The molecule has 4 nitrogen and oxygen atoms in total. The summed E-state index contributed by atoms with van der Waals surface area (Å²) in [5.74, 6) is 0.182. The molecule has 0 heterocycles. The molecule has 94 valence electrons.